The van der Waals surface area contributed by atoms with Gasteiger partial charge in [0, 0.05) is 0 Å². The molecule has 15 heavy (non-hydrogen) atoms. The van der Waals surface area contributed by atoms with Crippen molar-refractivity contribution in [2.75, 3.05) is 0 Å². The van der Waals surface area contributed by atoms with Crippen molar-refractivity contribution in [1.29, 1.82) is 5.26 Å². The summed E-state index contributed by atoms with van der Waals surface area (Å²) in [6.07, 6.45) is 3.45. The fourth-order valence-corrected chi connectivity index (χ4v) is 2.17. The molecule has 0 saturated heterocycles. The minimum absolute atomic E-state index is 0.166. The fraction of sp³-hybridized carbons (Fsp3) is 0.417. The monoisotopic (exact) mass is 223 g/mol. The molecular weight excluding hydrogens is 213 g/mol. The van der Waals surface area contributed by atoms with Crippen LogP contribution in [0.25, 0.3) is 0 Å². The molecule has 0 unspecified atom stereocenters. The number of hydrogen-bond donors (Lipinski definition) is 0. The Labute approximate surface area is 93.5 Å². The number of benzene rings is 1. The molecule has 1 aromatic rings. The molecule has 0 bridgehead atoms. The lowest BCUT2D eigenvalue weighted by Crippen LogP contribution is -2.30. The lowest BCUT2D eigenvalue weighted by molar-refractivity contribution is 0.214. The summed E-state index contributed by atoms with van der Waals surface area (Å²) in [7, 11) is 0. The van der Waals surface area contributed by atoms with Crippen LogP contribution >= 0.6 is 11.6 Å². The molecule has 1 aliphatic rings. The molecule has 1 nitrogen and oxygen atoms in total. The zero-order valence-corrected chi connectivity index (χ0v) is 9.02. The Morgan fingerprint density at radius 2 is 2.20 bits per heavy atom. The van der Waals surface area contributed by atoms with Crippen LogP contribution in [0.5, 0.6) is 0 Å². The summed E-state index contributed by atoms with van der Waals surface area (Å²) in [5, 5.41) is 9.24. The van der Waals surface area contributed by atoms with E-state index in [9.17, 15) is 4.39 Å². The van der Waals surface area contributed by atoms with Crippen LogP contribution in [0.3, 0.4) is 0 Å². The van der Waals surface area contributed by atoms with Gasteiger partial charge in [0.1, 0.15) is 5.82 Å². The minimum Gasteiger partial charge on any atom is -0.205 e. The highest BCUT2D eigenvalue weighted by atomic mass is 35.5. The van der Waals surface area contributed by atoms with Gasteiger partial charge < -0.3 is 0 Å². The van der Waals surface area contributed by atoms with E-state index in [-0.39, 0.29) is 10.4 Å². The van der Waals surface area contributed by atoms with Gasteiger partial charge in [-0.3, -0.25) is 0 Å². The highest BCUT2D eigenvalue weighted by Crippen LogP contribution is 2.44. The quantitative estimate of drug-likeness (QED) is 0.750. The van der Waals surface area contributed by atoms with E-state index in [1.807, 2.05) is 0 Å². The lowest BCUT2D eigenvalue weighted by Gasteiger charge is -2.35. The molecule has 0 aliphatic heterocycles. The summed E-state index contributed by atoms with van der Waals surface area (Å²) in [5.41, 5.74) is 0.454. The van der Waals surface area contributed by atoms with E-state index in [0.717, 1.165) is 24.8 Å². The molecule has 0 amide bonds. The number of nitrogens with zero attached hydrogens (tertiary/aromatic N) is 1. The summed E-state index contributed by atoms with van der Waals surface area (Å²) in [6.45, 7) is 0. The first-order chi connectivity index (χ1) is 7.17. The Kier molecular flexibility index (Phi) is 2.67. The average molecular weight is 224 g/mol. The molecule has 0 atom stereocenters. The second-order valence-corrected chi connectivity index (χ2v) is 4.51. The van der Waals surface area contributed by atoms with E-state index in [2.05, 4.69) is 6.07 Å². The smallest absolute Gasteiger partial charge is 0.142 e. The normalized spacial score (nSPS) is 17.9. The standard InChI is InChI=1S/C12H11ClFN/c13-11-9(3-1-4-10(11)14)7-12(8-15)5-2-6-12/h1,3-4H,2,5-7H2. The predicted octanol–water partition coefficient (Wildman–Crippen LogP) is 3.72. The van der Waals surface area contributed by atoms with E-state index >= 15 is 0 Å². The molecule has 0 N–H and O–H groups in total. The van der Waals surface area contributed by atoms with Crippen molar-refractivity contribution in [3.8, 4) is 6.07 Å². The Morgan fingerprint density at radius 1 is 1.47 bits per heavy atom. The van der Waals surface area contributed by atoms with Crippen molar-refractivity contribution >= 4 is 11.6 Å². The van der Waals surface area contributed by atoms with E-state index in [0.29, 0.717) is 6.42 Å². The average Bonchev–Trinajstić information content (AvgIpc) is 2.18. The Hall–Kier alpha value is -1.07. The van der Waals surface area contributed by atoms with E-state index in [1.165, 1.54) is 6.07 Å². The Bertz CT molecular complexity index is 418. The largest absolute Gasteiger partial charge is 0.205 e. The van der Waals surface area contributed by atoms with E-state index in [4.69, 9.17) is 16.9 Å². The van der Waals surface area contributed by atoms with Crippen LogP contribution in [0.2, 0.25) is 5.02 Å². The van der Waals surface area contributed by atoms with Gasteiger partial charge in [-0.15, -0.1) is 0 Å². The van der Waals surface area contributed by atoms with Crippen LogP contribution in [0.4, 0.5) is 4.39 Å². The number of hydrogen-bond acceptors (Lipinski definition) is 1. The molecule has 0 spiro atoms. The first kappa shape index (κ1) is 10.4. The Morgan fingerprint density at radius 3 is 2.73 bits per heavy atom. The molecule has 2 rings (SSSR count). The second kappa shape index (κ2) is 3.83. The molecular formula is C12H11ClFN. The van der Waals surface area contributed by atoms with Gasteiger partial charge in [-0.05, 0) is 30.9 Å². The van der Waals surface area contributed by atoms with Crippen molar-refractivity contribution in [3.05, 3.63) is 34.6 Å². The second-order valence-electron chi connectivity index (χ2n) is 4.14. The third kappa shape index (κ3) is 1.85. The number of rotatable bonds is 2. The van der Waals surface area contributed by atoms with Crippen LogP contribution in [-0.2, 0) is 6.42 Å². The maximum atomic E-state index is 13.2. The van der Waals surface area contributed by atoms with Crippen molar-refractivity contribution in [1.82, 2.24) is 0 Å². The molecule has 1 saturated carbocycles. The number of nitriles is 1. The van der Waals surface area contributed by atoms with Gasteiger partial charge in [-0.25, -0.2) is 4.39 Å². The van der Waals surface area contributed by atoms with Crippen LogP contribution in [0, 0.1) is 22.6 Å². The number of halogens is 2. The summed E-state index contributed by atoms with van der Waals surface area (Å²) in [6, 6.07) is 7.10. The van der Waals surface area contributed by atoms with Crippen molar-refractivity contribution < 1.29 is 4.39 Å². The SMILES string of the molecule is N#CC1(Cc2cccc(F)c2Cl)CCC1. The highest BCUT2D eigenvalue weighted by Gasteiger charge is 2.37. The maximum Gasteiger partial charge on any atom is 0.142 e. The predicted molar refractivity (Wildman–Crippen MR) is 57.0 cm³/mol. The molecule has 3 heteroatoms. The van der Waals surface area contributed by atoms with Crippen molar-refractivity contribution in [3.63, 3.8) is 0 Å². The minimum atomic E-state index is -0.401. The molecule has 0 radical (unpaired) electrons. The summed E-state index contributed by atoms with van der Waals surface area (Å²) in [4.78, 5) is 0. The Balaban J connectivity index is 2.25. The van der Waals surface area contributed by atoms with Gasteiger partial charge >= 0.3 is 0 Å². The zero-order chi connectivity index (χ0) is 10.9. The van der Waals surface area contributed by atoms with Crippen molar-refractivity contribution in [2.45, 2.75) is 25.7 Å². The topological polar surface area (TPSA) is 23.8 Å². The maximum absolute atomic E-state index is 13.2. The lowest BCUT2D eigenvalue weighted by atomic mass is 9.66. The van der Waals surface area contributed by atoms with Gasteiger partial charge in [-0.2, -0.15) is 5.26 Å². The van der Waals surface area contributed by atoms with Gasteiger partial charge in [0.15, 0.2) is 0 Å². The first-order valence-electron chi connectivity index (χ1n) is 5.01. The summed E-state index contributed by atoms with van der Waals surface area (Å²) < 4.78 is 13.2. The zero-order valence-electron chi connectivity index (χ0n) is 8.26. The van der Waals surface area contributed by atoms with Crippen LogP contribution in [-0.4, -0.2) is 0 Å². The van der Waals surface area contributed by atoms with E-state index in [1.54, 1.807) is 12.1 Å². The van der Waals surface area contributed by atoms with Crippen LogP contribution < -0.4 is 0 Å². The van der Waals surface area contributed by atoms with E-state index < -0.39 is 5.82 Å². The third-order valence-corrected chi connectivity index (χ3v) is 3.53. The van der Waals surface area contributed by atoms with Crippen LogP contribution in [0.1, 0.15) is 24.8 Å². The molecule has 1 aliphatic carbocycles. The highest BCUT2D eigenvalue weighted by molar-refractivity contribution is 6.31. The van der Waals surface area contributed by atoms with Gasteiger partial charge in [0.2, 0.25) is 0 Å². The summed E-state index contributed by atoms with van der Waals surface area (Å²) >= 11 is 5.85. The molecule has 0 heterocycles. The molecule has 78 valence electrons. The molecule has 1 aromatic carbocycles. The summed E-state index contributed by atoms with van der Waals surface area (Å²) in [5.74, 6) is -0.401. The van der Waals surface area contributed by atoms with Gasteiger partial charge in [0.05, 0.1) is 16.5 Å². The third-order valence-electron chi connectivity index (χ3n) is 3.11. The van der Waals surface area contributed by atoms with Gasteiger partial charge in [0.25, 0.3) is 0 Å². The molecule has 1 fully saturated rings. The fourth-order valence-electron chi connectivity index (χ4n) is 1.98. The van der Waals surface area contributed by atoms with Crippen LogP contribution in [0.15, 0.2) is 18.2 Å². The van der Waals surface area contributed by atoms with Gasteiger partial charge in [-0.1, -0.05) is 30.2 Å². The first-order valence-corrected chi connectivity index (χ1v) is 5.39. The molecule has 0 aromatic heterocycles. The van der Waals surface area contributed by atoms with Crippen molar-refractivity contribution in [2.24, 2.45) is 5.41 Å².